The van der Waals surface area contributed by atoms with Crippen molar-refractivity contribution in [3.8, 4) is 0 Å². The summed E-state index contributed by atoms with van der Waals surface area (Å²) in [6.07, 6.45) is 0. The molecule has 0 saturated heterocycles. The summed E-state index contributed by atoms with van der Waals surface area (Å²) >= 11 is 6.08. The molecule has 2 aromatic carbocycles. The third-order valence-electron chi connectivity index (χ3n) is 3.73. The van der Waals surface area contributed by atoms with Crippen LogP contribution in [0.5, 0.6) is 0 Å². The molecule has 0 unspecified atom stereocenters. The van der Waals surface area contributed by atoms with Crippen molar-refractivity contribution in [2.75, 3.05) is 11.9 Å². The average Bonchev–Trinajstić information content (AvgIpc) is 2.49. The normalized spacial score (nSPS) is 20.9. The zero-order valence-electron chi connectivity index (χ0n) is 11.5. The SMILES string of the molecule is CCN1C(=O)Nc2ccc(Cl)cc2[C@]1(O)c1ccccc1. The van der Waals surface area contributed by atoms with Gasteiger partial charge in [-0.15, -0.1) is 0 Å². The van der Waals surface area contributed by atoms with Crippen LogP contribution in [-0.4, -0.2) is 22.6 Å². The third kappa shape index (κ3) is 2.07. The summed E-state index contributed by atoms with van der Waals surface area (Å²) in [5.41, 5.74) is 0.242. The minimum absolute atomic E-state index is 0.335. The molecular formula is C16H15ClN2O2. The largest absolute Gasteiger partial charge is 0.363 e. The molecule has 0 aromatic heterocycles. The first kappa shape index (κ1) is 13.9. The lowest BCUT2D eigenvalue weighted by atomic mass is 9.90. The van der Waals surface area contributed by atoms with Gasteiger partial charge in [-0.2, -0.15) is 0 Å². The Morgan fingerprint density at radius 2 is 1.95 bits per heavy atom. The highest BCUT2D eigenvalue weighted by Gasteiger charge is 2.45. The number of anilines is 1. The van der Waals surface area contributed by atoms with Gasteiger partial charge in [-0.25, -0.2) is 4.79 Å². The van der Waals surface area contributed by atoms with Gasteiger partial charge in [0.25, 0.3) is 0 Å². The second-order valence-corrected chi connectivity index (χ2v) is 5.34. The highest BCUT2D eigenvalue weighted by atomic mass is 35.5. The van der Waals surface area contributed by atoms with Crippen LogP contribution in [0, 0.1) is 0 Å². The molecule has 0 radical (unpaired) electrons. The van der Waals surface area contributed by atoms with Crippen molar-refractivity contribution in [1.29, 1.82) is 0 Å². The van der Waals surface area contributed by atoms with Gasteiger partial charge in [-0.05, 0) is 25.1 Å². The van der Waals surface area contributed by atoms with Crippen molar-refractivity contribution in [3.63, 3.8) is 0 Å². The summed E-state index contributed by atoms with van der Waals surface area (Å²) in [6, 6.07) is 13.9. The fourth-order valence-electron chi connectivity index (χ4n) is 2.74. The molecular weight excluding hydrogens is 288 g/mol. The Labute approximate surface area is 128 Å². The number of aliphatic hydroxyl groups is 1. The van der Waals surface area contributed by atoms with E-state index in [0.29, 0.717) is 28.4 Å². The molecule has 0 fully saturated rings. The predicted octanol–water partition coefficient (Wildman–Crippen LogP) is 3.40. The Hall–Kier alpha value is -2.04. The summed E-state index contributed by atoms with van der Waals surface area (Å²) in [6.45, 7) is 2.19. The van der Waals surface area contributed by atoms with Crippen LogP contribution < -0.4 is 5.32 Å². The minimum atomic E-state index is -1.53. The number of benzene rings is 2. The van der Waals surface area contributed by atoms with E-state index in [-0.39, 0.29) is 6.03 Å². The molecule has 2 amide bonds. The Morgan fingerprint density at radius 1 is 1.24 bits per heavy atom. The molecule has 2 aromatic rings. The lowest BCUT2D eigenvalue weighted by molar-refractivity contribution is -0.0493. The first-order valence-electron chi connectivity index (χ1n) is 6.74. The number of fused-ring (bicyclic) bond motifs is 1. The van der Waals surface area contributed by atoms with E-state index in [1.807, 2.05) is 25.1 Å². The summed E-state index contributed by atoms with van der Waals surface area (Å²) in [5, 5.41) is 14.6. The van der Waals surface area contributed by atoms with Crippen molar-refractivity contribution in [2.24, 2.45) is 0 Å². The highest BCUT2D eigenvalue weighted by molar-refractivity contribution is 6.30. The number of carbonyl (C=O) groups excluding carboxylic acids is 1. The van der Waals surface area contributed by atoms with E-state index < -0.39 is 5.72 Å². The number of nitrogens with zero attached hydrogens (tertiary/aromatic N) is 1. The van der Waals surface area contributed by atoms with E-state index in [4.69, 9.17) is 11.6 Å². The first-order chi connectivity index (χ1) is 10.1. The Kier molecular flexibility index (Phi) is 3.35. The van der Waals surface area contributed by atoms with Gasteiger partial charge < -0.3 is 10.4 Å². The van der Waals surface area contributed by atoms with Crippen LogP contribution in [0.2, 0.25) is 5.02 Å². The summed E-state index contributed by atoms with van der Waals surface area (Å²) in [4.78, 5) is 13.7. The molecule has 5 heteroatoms. The summed E-state index contributed by atoms with van der Waals surface area (Å²) in [7, 11) is 0. The Morgan fingerprint density at radius 3 is 2.62 bits per heavy atom. The number of rotatable bonds is 2. The van der Waals surface area contributed by atoms with E-state index in [2.05, 4.69) is 5.32 Å². The van der Waals surface area contributed by atoms with E-state index in [9.17, 15) is 9.90 Å². The van der Waals surface area contributed by atoms with Gasteiger partial charge in [0.1, 0.15) is 0 Å². The van der Waals surface area contributed by atoms with Crippen LogP contribution in [0.25, 0.3) is 0 Å². The average molecular weight is 303 g/mol. The maximum absolute atomic E-state index is 12.3. The van der Waals surface area contributed by atoms with E-state index in [1.54, 1.807) is 30.3 Å². The molecule has 2 N–H and O–H groups in total. The van der Waals surface area contributed by atoms with Gasteiger partial charge in [0.15, 0.2) is 5.72 Å². The smallest absolute Gasteiger partial charge is 0.324 e. The van der Waals surface area contributed by atoms with Crippen LogP contribution in [0.15, 0.2) is 48.5 Å². The van der Waals surface area contributed by atoms with Gasteiger partial charge in [-0.3, -0.25) is 4.90 Å². The number of hydrogen-bond acceptors (Lipinski definition) is 2. The van der Waals surface area contributed by atoms with Gasteiger partial charge in [-0.1, -0.05) is 41.9 Å². The number of hydrogen-bond donors (Lipinski definition) is 2. The zero-order chi connectivity index (χ0) is 15.0. The molecule has 0 spiro atoms. The molecule has 1 aliphatic rings. The van der Waals surface area contributed by atoms with Crippen LogP contribution in [0.3, 0.4) is 0 Å². The fourth-order valence-corrected chi connectivity index (χ4v) is 2.92. The monoisotopic (exact) mass is 302 g/mol. The number of nitrogens with one attached hydrogen (secondary N) is 1. The summed E-state index contributed by atoms with van der Waals surface area (Å²) in [5.74, 6) is 0. The molecule has 4 nitrogen and oxygen atoms in total. The molecule has 21 heavy (non-hydrogen) atoms. The zero-order valence-corrected chi connectivity index (χ0v) is 12.3. The van der Waals surface area contributed by atoms with Crippen molar-refractivity contribution >= 4 is 23.3 Å². The fraction of sp³-hybridized carbons (Fsp3) is 0.188. The summed E-state index contributed by atoms with van der Waals surface area (Å²) < 4.78 is 0. The first-order valence-corrected chi connectivity index (χ1v) is 7.11. The van der Waals surface area contributed by atoms with E-state index in [1.165, 1.54) is 4.90 Å². The molecule has 1 heterocycles. The van der Waals surface area contributed by atoms with E-state index >= 15 is 0 Å². The van der Waals surface area contributed by atoms with Crippen molar-refractivity contribution < 1.29 is 9.90 Å². The number of carbonyl (C=O) groups is 1. The molecule has 3 rings (SSSR count). The molecule has 0 saturated carbocycles. The number of halogens is 1. The Balaban J connectivity index is 2.29. The lowest BCUT2D eigenvalue weighted by Gasteiger charge is -2.44. The lowest BCUT2D eigenvalue weighted by Crippen LogP contribution is -2.55. The second kappa shape index (κ2) is 5.06. The van der Waals surface area contributed by atoms with Crippen molar-refractivity contribution in [1.82, 2.24) is 4.90 Å². The quantitative estimate of drug-likeness (QED) is 0.893. The molecule has 108 valence electrons. The van der Waals surface area contributed by atoms with Gasteiger partial charge >= 0.3 is 6.03 Å². The van der Waals surface area contributed by atoms with Crippen LogP contribution in [-0.2, 0) is 5.72 Å². The molecule has 0 bridgehead atoms. The van der Waals surface area contributed by atoms with Gasteiger partial charge in [0.05, 0.1) is 5.69 Å². The number of amides is 2. The van der Waals surface area contributed by atoms with Gasteiger partial charge in [0.2, 0.25) is 0 Å². The van der Waals surface area contributed by atoms with Crippen molar-refractivity contribution in [3.05, 3.63) is 64.7 Å². The van der Waals surface area contributed by atoms with Crippen LogP contribution >= 0.6 is 11.6 Å². The standard InChI is InChI=1S/C16H15ClN2O2/c1-2-19-15(20)18-14-9-8-12(17)10-13(14)16(19,21)11-6-4-3-5-7-11/h3-10,21H,2H2,1H3,(H,18,20)/t16-/m1/s1. The third-order valence-corrected chi connectivity index (χ3v) is 3.96. The van der Waals surface area contributed by atoms with Crippen LogP contribution in [0.1, 0.15) is 18.1 Å². The Bertz CT molecular complexity index is 690. The topological polar surface area (TPSA) is 52.6 Å². The van der Waals surface area contributed by atoms with Gasteiger partial charge in [0, 0.05) is 22.7 Å². The predicted molar refractivity (Wildman–Crippen MR) is 82.3 cm³/mol. The number of urea groups is 1. The second-order valence-electron chi connectivity index (χ2n) is 4.90. The van der Waals surface area contributed by atoms with Crippen LogP contribution in [0.4, 0.5) is 10.5 Å². The van der Waals surface area contributed by atoms with Crippen molar-refractivity contribution in [2.45, 2.75) is 12.6 Å². The molecule has 1 atom stereocenters. The highest BCUT2D eigenvalue weighted by Crippen LogP contribution is 2.42. The molecule has 1 aliphatic heterocycles. The maximum atomic E-state index is 12.3. The molecule has 0 aliphatic carbocycles. The van der Waals surface area contributed by atoms with E-state index in [0.717, 1.165) is 0 Å². The minimum Gasteiger partial charge on any atom is -0.363 e. The maximum Gasteiger partial charge on any atom is 0.324 e.